The van der Waals surface area contributed by atoms with Gasteiger partial charge in [0.05, 0.1) is 7.11 Å². The number of rotatable bonds is 2. The molecule has 0 saturated carbocycles. The molecular formula is C11H7BrN2O2. The molecule has 1 aromatic carbocycles. The molecular weight excluding hydrogens is 272 g/mol. The highest BCUT2D eigenvalue weighted by molar-refractivity contribution is 9.10. The molecule has 0 N–H and O–H groups in total. The molecule has 0 saturated heterocycles. The van der Waals surface area contributed by atoms with Crippen LogP contribution in [0.5, 0.6) is 5.75 Å². The second kappa shape index (κ2) is 4.37. The quantitative estimate of drug-likeness (QED) is 0.847. The molecule has 0 aliphatic heterocycles. The average molecular weight is 279 g/mol. The monoisotopic (exact) mass is 278 g/mol. The van der Waals surface area contributed by atoms with Crippen molar-refractivity contribution in [3.63, 3.8) is 0 Å². The van der Waals surface area contributed by atoms with Crippen LogP contribution in [0.25, 0.3) is 11.3 Å². The van der Waals surface area contributed by atoms with Gasteiger partial charge in [0.25, 0.3) is 0 Å². The molecule has 0 aliphatic rings. The average Bonchev–Trinajstić information content (AvgIpc) is 2.70. The largest absolute Gasteiger partial charge is 0.497 e. The Balaban J connectivity index is 2.43. The van der Waals surface area contributed by atoms with Crippen LogP contribution in [-0.4, -0.2) is 12.3 Å². The van der Waals surface area contributed by atoms with E-state index < -0.39 is 0 Å². The lowest BCUT2D eigenvalue weighted by Gasteiger charge is -2.00. The van der Waals surface area contributed by atoms with Gasteiger partial charge in [0.1, 0.15) is 16.3 Å². The van der Waals surface area contributed by atoms with E-state index in [4.69, 9.17) is 14.5 Å². The fourth-order valence-corrected chi connectivity index (χ4v) is 1.73. The van der Waals surface area contributed by atoms with E-state index in [1.165, 1.54) is 0 Å². The lowest BCUT2D eigenvalue weighted by atomic mass is 10.1. The van der Waals surface area contributed by atoms with Gasteiger partial charge in [-0.2, -0.15) is 5.26 Å². The third-order valence-corrected chi connectivity index (χ3v) is 2.83. The number of halogens is 1. The Morgan fingerprint density at radius 3 is 2.56 bits per heavy atom. The van der Waals surface area contributed by atoms with Crippen LogP contribution in [0.3, 0.4) is 0 Å². The predicted octanol–water partition coefficient (Wildman–Crippen LogP) is 2.98. The molecule has 80 valence electrons. The van der Waals surface area contributed by atoms with Gasteiger partial charge in [0, 0.05) is 5.56 Å². The second-order valence-electron chi connectivity index (χ2n) is 3.01. The van der Waals surface area contributed by atoms with E-state index in [1.54, 1.807) is 7.11 Å². The number of nitrogens with zero attached hydrogens (tertiary/aromatic N) is 2. The third kappa shape index (κ3) is 1.79. The molecule has 0 radical (unpaired) electrons. The first kappa shape index (κ1) is 10.7. The first-order valence-electron chi connectivity index (χ1n) is 4.46. The standard InChI is InChI=1S/C11H7BrN2O2/c1-15-8-4-2-7(3-5-8)11-10(12)9(6-13)14-16-11/h2-5H,1H3. The fraction of sp³-hybridized carbons (Fsp3) is 0.0909. The Morgan fingerprint density at radius 2 is 2.06 bits per heavy atom. The molecule has 0 atom stereocenters. The minimum Gasteiger partial charge on any atom is -0.497 e. The van der Waals surface area contributed by atoms with Crippen molar-refractivity contribution < 1.29 is 9.26 Å². The maximum Gasteiger partial charge on any atom is 0.198 e. The van der Waals surface area contributed by atoms with Crippen molar-refractivity contribution in [3.05, 3.63) is 34.4 Å². The van der Waals surface area contributed by atoms with Crippen LogP contribution in [0.15, 0.2) is 33.3 Å². The Labute approximate surface area is 101 Å². The molecule has 1 aromatic heterocycles. The number of hydrogen-bond acceptors (Lipinski definition) is 4. The summed E-state index contributed by atoms with van der Waals surface area (Å²) in [7, 11) is 1.60. The minimum absolute atomic E-state index is 0.241. The molecule has 4 nitrogen and oxygen atoms in total. The van der Waals surface area contributed by atoms with Crippen LogP contribution >= 0.6 is 15.9 Å². The van der Waals surface area contributed by atoms with Crippen LogP contribution in [0, 0.1) is 11.3 Å². The summed E-state index contributed by atoms with van der Waals surface area (Å²) in [5.41, 5.74) is 1.08. The van der Waals surface area contributed by atoms with Gasteiger partial charge < -0.3 is 9.26 Å². The fourth-order valence-electron chi connectivity index (χ4n) is 1.27. The van der Waals surface area contributed by atoms with Crippen LogP contribution in [0.4, 0.5) is 0 Å². The number of ether oxygens (including phenoxy) is 1. The lowest BCUT2D eigenvalue weighted by molar-refractivity contribution is 0.414. The van der Waals surface area contributed by atoms with Crippen LogP contribution < -0.4 is 4.74 Å². The molecule has 1 heterocycles. The molecule has 5 heteroatoms. The minimum atomic E-state index is 0.241. The highest BCUT2D eigenvalue weighted by Crippen LogP contribution is 2.31. The smallest absolute Gasteiger partial charge is 0.198 e. The van der Waals surface area contributed by atoms with E-state index in [0.717, 1.165) is 11.3 Å². The van der Waals surface area contributed by atoms with E-state index >= 15 is 0 Å². The topological polar surface area (TPSA) is 59.1 Å². The molecule has 0 aliphatic carbocycles. The SMILES string of the molecule is COc1ccc(-c2onc(C#N)c2Br)cc1. The van der Waals surface area contributed by atoms with Gasteiger partial charge in [-0.05, 0) is 40.2 Å². The summed E-state index contributed by atoms with van der Waals surface area (Å²) in [6.45, 7) is 0. The summed E-state index contributed by atoms with van der Waals surface area (Å²) in [5.74, 6) is 1.30. The van der Waals surface area contributed by atoms with Crippen molar-refractivity contribution in [2.75, 3.05) is 7.11 Å². The van der Waals surface area contributed by atoms with Crippen LogP contribution in [0.1, 0.15) is 5.69 Å². The Hall–Kier alpha value is -1.80. The third-order valence-electron chi connectivity index (χ3n) is 2.09. The van der Waals surface area contributed by atoms with Crippen molar-refractivity contribution in [3.8, 4) is 23.1 Å². The lowest BCUT2D eigenvalue weighted by Crippen LogP contribution is -1.82. The van der Waals surface area contributed by atoms with Gasteiger partial charge in [0.2, 0.25) is 0 Å². The van der Waals surface area contributed by atoms with Crippen molar-refractivity contribution in [2.24, 2.45) is 0 Å². The van der Waals surface area contributed by atoms with Gasteiger partial charge >= 0.3 is 0 Å². The molecule has 0 unspecified atom stereocenters. The number of aromatic nitrogens is 1. The second-order valence-corrected chi connectivity index (χ2v) is 3.81. The Morgan fingerprint density at radius 1 is 1.38 bits per heavy atom. The maximum atomic E-state index is 8.74. The zero-order valence-electron chi connectivity index (χ0n) is 8.40. The highest BCUT2D eigenvalue weighted by atomic mass is 79.9. The van der Waals surface area contributed by atoms with Crippen LogP contribution in [0.2, 0.25) is 0 Å². The molecule has 0 fully saturated rings. The first-order valence-corrected chi connectivity index (χ1v) is 5.25. The highest BCUT2D eigenvalue weighted by Gasteiger charge is 2.14. The summed E-state index contributed by atoms with van der Waals surface area (Å²) >= 11 is 3.27. The summed E-state index contributed by atoms with van der Waals surface area (Å²) in [6, 6.07) is 9.24. The van der Waals surface area contributed by atoms with Crippen molar-refractivity contribution in [1.82, 2.24) is 5.16 Å². The zero-order valence-corrected chi connectivity index (χ0v) is 9.98. The van der Waals surface area contributed by atoms with Crippen molar-refractivity contribution in [2.45, 2.75) is 0 Å². The summed E-state index contributed by atoms with van der Waals surface area (Å²) < 4.78 is 10.7. The number of methoxy groups -OCH3 is 1. The number of benzene rings is 1. The number of hydrogen-bond donors (Lipinski definition) is 0. The zero-order chi connectivity index (χ0) is 11.5. The van der Waals surface area contributed by atoms with E-state index in [2.05, 4.69) is 21.1 Å². The first-order chi connectivity index (χ1) is 7.76. The van der Waals surface area contributed by atoms with E-state index in [-0.39, 0.29) is 5.69 Å². The molecule has 0 amide bonds. The summed E-state index contributed by atoms with van der Waals surface area (Å²) in [4.78, 5) is 0. The predicted molar refractivity (Wildman–Crippen MR) is 60.9 cm³/mol. The Bertz CT molecular complexity index is 540. The summed E-state index contributed by atoms with van der Waals surface area (Å²) in [6.07, 6.45) is 0. The molecule has 2 aromatic rings. The molecule has 0 spiro atoms. The van der Waals surface area contributed by atoms with Crippen molar-refractivity contribution in [1.29, 1.82) is 5.26 Å². The van der Waals surface area contributed by atoms with Gasteiger partial charge in [-0.1, -0.05) is 5.16 Å². The van der Waals surface area contributed by atoms with Gasteiger partial charge in [0.15, 0.2) is 11.5 Å². The van der Waals surface area contributed by atoms with E-state index in [1.807, 2.05) is 30.3 Å². The van der Waals surface area contributed by atoms with Gasteiger partial charge in [-0.25, -0.2) is 0 Å². The molecule has 16 heavy (non-hydrogen) atoms. The van der Waals surface area contributed by atoms with E-state index in [0.29, 0.717) is 10.2 Å². The van der Waals surface area contributed by atoms with Crippen LogP contribution in [-0.2, 0) is 0 Å². The normalized spacial score (nSPS) is 9.81. The summed E-state index contributed by atoms with van der Waals surface area (Å²) in [5, 5.41) is 12.4. The van der Waals surface area contributed by atoms with Crippen molar-refractivity contribution >= 4 is 15.9 Å². The van der Waals surface area contributed by atoms with Gasteiger partial charge in [-0.3, -0.25) is 0 Å². The number of nitriles is 1. The molecule has 0 bridgehead atoms. The van der Waals surface area contributed by atoms with E-state index in [9.17, 15) is 0 Å². The Kier molecular flexibility index (Phi) is 2.93. The van der Waals surface area contributed by atoms with Gasteiger partial charge in [-0.15, -0.1) is 0 Å². The molecule has 2 rings (SSSR count). The maximum absolute atomic E-state index is 8.74.